The standard InChI is InChI=1S/C26H25Cl2N5OS3/c1-16(34)33(20-8-10-32(11-9-20)13-17-2-7-21(27)22(28)12-17)37-26-31-24(15-36-26)19-5-3-18(4-6-19)23-14-35-25(29)30-23/h2-7,12,14-15,20H,8-11,13H2,1H3,(H2,29,30). The first kappa shape index (κ1) is 26.5. The lowest BCUT2D eigenvalue weighted by atomic mass is 10.0. The number of amides is 1. The molecule has 2 aromatic heterocycles. The first-order valence-electron chi connectivity index (χ1n) is 11.8. The van der Waals surface area contributed by atoms with Crippen LogP contribution in [0.3, 0.4) is 0 Å². The van der Waals surface area contributed by atoms with E-state index >= 15 is 0 Å². The summed E-state index contributed by atoms with van der Waals surface area (Å²) in [4.78, 5) is 24.1. The molecule has 3 heterocycles. The minimum Gasteiger partial charge on any atom is -0.375 e. The van der Waals surface area contributed by atoms with Gasteiger partial charge in [0.05, 0.1) is 21.4 Å². The van der Waals surface area contributed by atoms with Crippen molar-refractivity contribution in [3.05, 3.63) is 68.8 Å². The lowest BCUT2D eigenvalue weighted by molar-refractivity contribution is -0.125. The van der Waals surface area contributed by atoms with Crippen molar-refractivity contribution in [3.8, 4) is 22.5 Å². The quantitative estimate of drug-likeness (QED) is 0.227. The van der Waals surface area contributed by atoms with Crippen LogP contribution in [0, 0.1) is 0 Å². The lowest BCUT2D eigenvalue weighted by Crippen LogP contribution is -2.43. The van der Waals surface area contributed by atoms with Crippen LogP contribution in [-0.4, -0.2) is 44.2 Å². The summed E-state index contributed by atoms with van der Waals surface area (Å²) in [6.07, 6.45) is 1.82. The number of aromatic nitrogens is 2. The molecule has 1 aliphatic heterocycles. The molecule has 5 rings (SSSR count). The van der Waals surface area contributed by atoms with Gasteiger partial charge in [-0.05, 0) is 30.5 Å². The lowest BCUT2D eigenvalue weighted by Gasteiger charge is -2.37. The zero-order chi connectivity index (χ0) is 25.9. The number of hydrogen-bond donors (Lipinski definition) is 1. The molecule has 1 saturated heterocycles. The minimum atomic E-state index is 0.0524. The van der Waals surface area contributed by atoms with Crippen molar-refractivity contribution in [2.24, 2.45) is 0 Å². The number of piperidine rings is 1. The Kier molecular flexibility index (Phi) is 8.38. The Bertz CT molecular complexity index is 1380. The van der Waals surface area contributed by atoms with E-state index in [4.69, 9.17) is 33.9 Å². The van der Waals surface area contributed by atoms with Gasteiger partial charge in [0, 0.05) is 66.4 Å². The Hall–Kier alpha value is -2.14. The molecular weight excluding hydrogens is 565 g/mol. The van der Waals surface area contributed by atoms with E-state index in [0.29, 0.717) is 15.2 Å². The molecule has 0 radical (unpaired) electrons. The number of halogens is 2. The maximum atomic E-state index is 12.6. The molecule has 1 amide bonds. The second-order valence-corrected chi connectivity index (χ2v) is 12.6. The van der Waals surface area contributed by atoms with Gasteiger partial charge in [0.1, 0.15) is 0 Å². The second kappa shape index (κ2) is 11.7. The Morgan fingerprint density at radius 3 is 2.27 bits per heavy atom. The van der Waals surface area contributed by atoms with Crippen molar-refractivity contribution < 1.29 is 4.79 Å². The zero-order valence-corrected chi connectivity index (χ0v) is 24.0. The highest BCUT2D eigenvalue weighted by atomic mass is 35.5. The van der Waals surface area contributed by atoms with E-state index in [9.17, 15) is 4.79 Å². The summed E-state index contributed by atoms with van der Waals surface area (Å²) in [5.74, 6) is 0.0524. The van der Waals surface area contributed by atoms with Crippen molar-refractivity contribution in [2.45, 2.75) is 36.7 Å². The highest BCUT2D eigenvalue weighted by Crippen LogP contribution is 2.35. The molecule has 37 heavy (non-hydrogen) atoms. The van der Waals surface area contributed by atoms with Crippen molar-refractivity contribution in [2.75, 3.05) is 18.8 Å². The van der Waals surface area contributed by atoms with Gasteiger partial charge in [0.15, 0.2) is 9.47 Å². The molecule has 2 aromatic carbocycles. The normalized spacial score (nSPS) is 14.7. The number of likely N-dealkylation sites (tertiary alicyclic amines) is 1. The topological polar surface area (TPSA) is 75.3 Å². The largest absolute Gasteiger partial charge is 0.375 e. The van der Waals surface area contributed by atoms with Crippen LogP contribution < -0.4 is 5.73 Å². The third kappa shape index (κ3) is 6.47. The summed E-state index contributed by atoms with van der Waals surface area (Å²) < 4.78 is 2.76. The number of nitrogens with two attached hydrogens (primary N) is 1. The van der Waals surface area contributed by atoms with Gasteiger partial charge in [-0.25, -0.2) is 9.97 Å². The minimum absolute atomic E-state index is 0.0524. The fraction of sp³-hybridized carbons (Fsp3) is 0.269. The molecule has 0 unspecified atom stereocenters. The molecule has 0 aliphatic carbocycles. The van der Waals surface area contributed by atoms with Crippen LogP contribution in [0.25, 0.3) is 22.5 Å². The molecule has 0 saturated carbocycles. The van der Waals surface area contributed by atoms with Crippen LogP contribution in [0.1, 0.15) is 25.3 Å². The van der Waals surface area contributed by atoms with Crippen LogP contribution >= 0.6 is 57.8 Å². The van der Waals surface area contributed by atoms with E-state index in [0.717, 1.165) is 64.9 Å². The summed E-state index contributed by atoms with van der Waals surface area (Å²) >= 11 is 16.7. The van der Waals surface area contributed by atoms with Crippen molar-refractivity contribution in [1.82, 2.24) is 19.2 Å². The van der Waals surface area contributed by atoms with Gasteiger partial charge in [-0.3, -0.25) is 14.0 Å². The van der Waals surface area contributed by atoms with E-state index in [1.165, 1.54) is 23.3 Å². The highest BCUT2D eigenvalue weighted by Gasteiger charge is 2.28. The molecule has 0 bridgehead atoms. The Balaban J connectivity index is 1.19. The summed E-state index contributed by atoms with van der Waals surface area (Å²) in [7, 11) is 0. The van der Waals surface area contributed by atoms with E-state index in [-0.39, 0.29) is 11.9 Å². The molecular formula is C26H25Cl2N5OS3. The molecule has 6 nitrogen and oxygen atoms in total. The number of hydrogen-bond acceptors (Lipinski definition) is 8. The number of thiazole rings is 2. The first-order valence-corrected chi connectivity index (χ1v) is 15.1. The fourth-order valence-corrected chi connectivity index (χ4v) is 7.15. The molecule has 0 atom stereocenters. The van der Waals surface area contributed by atoms with E-state index in [1.54, 1.807) is 18.3 Å². The van der Waals surface area contributed by atoms with Crippen molar-refractivity contribution in [3.63, 3.8) is 0 Å². The van der Waals surface area contributed by atoms with E-state index in [2.05, 4.69) is 9.88 Å². The van der Waals surface area contributed by atoms with Crippen LogP contribution in [0.4, 0.5) is 5.13 Å². The molecule has 11 heteroatoms. The molecule has 2 N–H and O–H groups in total. The van der Waals surface area contributed by atoms with E-state index in [1.807, 2.05) is 57.5 Å². The summed E-state index contributed by atoms with van der Waals surface area (Å²) in [5, 5.41) is 5.71. The van der Waals surface area contributed by atoms with Gasteiger partial charge in [-0.2, -0.15) is 0 Å². The van der Waals surface area contributed by atoms with Crippen LogP contribution in [-0.2, 0) is 11.3 Å². The van der Waals surface area contributed by atoms with Gasteiger partial charge in [-0.15, -0.1) is 22.7 Å². The summed E-state index contributed by atoms with van der Waals surface area (Å²) in [6.45, 7) is 4.28. The average molecular weight is 591 g/mol. The third-order valence-corrected chi connectivity index (χ3v) is 9.81. The number of benzene rings is 2. The molecule has 192 valence electrons. The Morgan fingerprint density at radius 2 is 1.68 bits per heavy atom. The highest BCUT2D eigenvalue weighted by molar-refractivity contribution is 7.99. The van der Waals surface area contributed by atoms with Crippen LogP contribution in [0.2, 0.25) is 10.0 Å². The van der Waals surface area contributed by atoms with Crippen LogP contribution in [0.5, 0.6) is 0 Å². The van der Waals surface area contributed by atoms with Gasteiger partial charge in [-0.1, -0.05) is 53.5 Å². The smallest absolute Gasteiger partial charge is 0.229 e. The number of nitrogens with zero attached hydrogens (tertiary/aromatic N) is 4. The second-order valence-electron chi connectivity index (χ2n) is 8.84. The van der Waals surface area contributed by atoms with Gasteiger partial charge in [0.2, 0.25) is 5.91 Å². The molecule has 4 aromatic rings. The van der Waals surface area contributed by atoms with E-state index < -0.39 is 0 Å². The number of rotatable bonds is 7. The monoisotopic (exact) mass is 589 g/mol. The zero-order valence-electron chi connectivity index (χ0n) is 20.1. The van der Waals surface area contributed by atoms with Gasteiger partial charge in [0.25, 0.3) is 0 Å². The number of nitrogen functional groups attached to an aromatic ring is 1. The van der Waals surface area contributed by atoms with Gasteiger partial charge < -0.3 is 5.73 Å². The fourth-order valence-electron chi connectivity index (χ4n) is 4.35. The van der Waals surface area contributed by atoms with Gasteiger partial charge >= 0.3 is 0 Å². The SMILES string of the molecule is CC(=O)N(Sc1nc(-c2ccc(-c3csc(N)n3)cc2)cs1)C1CCN(Cc2ccc(Cl)c(Cl)c2)CC1. The maximum Gasteiger partial charge on any atom is 0.229 e. The maximum absolute atomic E-state index is 12.6. The summed E-state index contributed by atoms with van der Waals surface area (Å²) in [5.41, 5.74) is 10.7. The predicted octanol–water partition coefficient (Wildman–Crippen LogP) is 7.34. The van der Waals surface area contributed by atoms with Crippen molar-refractivity contribution in [1.29, 1.82) is 0 Å². The first-order chi connectivity index (χ1) is 17.9. The molecule has 1 fully saturated rings. The average Bonchev–Trinajstić information content (AvgIpc) is 3.54. The number of carbonyl (C=O) groups is 1. The molecule has 1 aliphatic rings. The number of anilines is 1. The Labute approximate surface area is 238 Å². The van der Waals surface area contributed by atoms with Crippen molar-refractivity contribution >= 4 is 68.9 Å². The summed E-state index contributed by atoms with van der Waals surface area (Å²) in [6, 6.07) is 14.1. The molecule has 0 spiro atoms. The van der Waals surface area contributed by atoms with Crippen LogP contribution in [0.15, 0.2) is 57.6 Å². The predicted molar refractivity (Wildman–Crippen MR) is 156 cm³/mol. The number of carbonyl (C=O) groups excluding carboxylic acids is 1. The third-order valence-electron chi connectivity index (χ3n) is 6.25. The Morgan fingerprint density at radius 1 is 1.03 bits per heavy atom.